The minimum absolute atomic E-state index is 0.150. The molecule has 1 aliphatic carbocycles. The molecule has 0 heterocycles. The lowest BCUT2D eigenvalue weighted by atomic mass is 9.92. The maximum absolute atomic E-state index is 13.6. The molecule has 1 saturated carbocycles. The fraction of sp³-hybridized carbons (Fsp3) is 0.600. The van der Waals surface area contributed by atoms with E-state index in [1.165, 1.54) is 31.0 Å². The van der Waals surface area contributed by atoms with Crippen molar-refractivity contribution in [3.8, 4) is 0 Å². The molecule has 18 heavy (non-hydrogen) atoms. The van der Waals surface area contributed by atoms with Gasteiger partial charge < -0.3 is 5.32 Å². The number of benzene rings is 1. The van der Waals surface area contributed by atoms with E-state index in [0.29, 0.717) is 11.3 Å². The van der Waals surface area contributed by atoms with E-state index in [1.54, 1.807) is 0 Å². The van der Waals surface area contributed by atoms with E-state index in [-0.39, 0.29) is 11.6 Å². The van der Waals surface area contributed by atoms with Crippen LogP contribution in [0.1, 0.15) is 45.2 Å². The van der Waals surface area contributed by atoms with Gasteiger partial charge in [-0.25, -0.2) is 8.78 Å². The summed E-state index contributed by atoms with van der Waals surface area (Å²) in [6.07, 6.45) is 2.42. The Morgan fingerprint density at radius 2 is 1.72 bits per heavy atom. The Morgan fingerprint density at radius 3 is 2.17 bits per heavy atom. The molecule has 1 atom stereocenters. The van der Waals surface area contributed by atoms with Crippen molar-refractivity contribution in [2.45, 2.75) is 39.7 Å². The van der Waals surface area contributed by atoms with Gasteiger partial charge in [0, 0.05) is 18.2 Å². The van der Waals surface area contributed by atoms with Gasteiger partial charge in [0.25, 0.3) is 0 Å². The lowest BCUT2D eigenvalue weighted by Crippen LogP contribution is -2.30. The third-order valence-electron chi connectivity index (χ3n) is 4.31. The summed E-state index contributed by atoms with van der Waals surface area (Å²) in [5.74, 6) is -0.323. The Morgan fingerprint density at radius 1 is 1.17 bits per heavy atom. The highest BCUT2D eigenvalue weighted by atomic mass is 19.1. The summed E-state index contributed by atoms with van der Waals surface area (Å²) in [6, 6.07) is 3.73. The number of nitrogens with one attached hydrogen (secondary N) is 1. The summed E-state index contributed by atoms with van der Waals surface area (Å²) in [5, 5.41) is 3.28. The summed E-state index contributed by atoms with van der Waals surface area (Å²) >= 11 is 0. The molecule has 1 N–H and O–H groups in total. The maximum Gasteiger partial charge on any atom is 0.130 e. The van der Waals surface area contributed by atoms with Gasteiger partial charge in [0.1, 0.15) is 11.6 Å². The van der Waals surface area contributed by atoms with E-state index in [9.17, 15) is 8.78 Å². The van der Waals surface area contributed by atoms with Crippen LogP contribution < -0.4 is 5.32 Å². The van der Waals surface area contributed by atoms with Crippen molar-refractivity contribution >= 4 is 0 Å². The predicted molar refractivity (Wildman–Crippen MR) is 69.3 cm³/mol. The van der Waals surface area contributed by atoms with E-state index in [4.69, 9.17) is 0 Å². The summed E-state index contributed by atoms with van der Waals surface area (Å²) in [5.41, 5.74) is 0.493. The second-order valence-electron chi connectivity index (χ2n) is 5.75. The second kappa shape index (κ2) is 4.96. The first-order valence-corrected chi connectivity index (χ1v) is 6.63. The van der Waals surface area contributed by atoms with Crippen LogP contribution in [-0.4, -0.2) is 6.54 Å². The first-order valence-electron chi connectivity index (χ1n) is 6.63. The molecule has 0 aliphatic heterocycles. The minimum Gasteiger partial charge on any atom is -0.309 e. The van der Waals surface area contributed by atoms with Gasteiger partial charge >= 0.3 is 0 Å². The molecule has 0 bridgehead atoms. The molecular weight excluding hydrogens is 232 g/mol. The van der Waals surface area contributed by atoms with Crippen molar-refractivity contribution in [1.82, 2.24) is 5.32 Å². The molecule has 1 aromatic rings. The van der Waals surface area contributed by atoms with Gasteiger partial charge in [-0.2, -0.15) is 0 Å². The van der Waals surface area contributed by atoms with Gasteiger partial charge in [0.15, 0.2) is 0 Å². The van der Waals surface area contributed by atoms with Gasteiger partial charge in [-0.3, -0.25) is 0 Å². The van der Waals surface area contributed by atoms with Gasteiger partial charge in [-0.1, -0.05) is 19.9 Å². The van der Waals surface area contributed by atoms with Crippen molar-refractivity contribution in [2.24, 2.45) is 11.3 Å². The highest BCUT2D eigenvalue weighted by Crippen LogP contribution is 2.51. The Balaban J connectivity index is 2.02. The van der Waals surface area contributed by atoms with Crippen LogP contribution in [0, 0.1) is 23.0 Å². The zero-order valence-corrected chi connectivity index (χ0v) is 11.3. The monoisotopic (exact) mass is 253 g/mol. The fourth-order valence-corrected chi connectivity index (χ4v) is 2.50. The number of rotatable bonds is 5. The van der Waals surface area contributed by atoms with Crippen LogP contribution in [0.3, 0.4) is 0 Å². The Labute approximate surface area is 108 Å². The van der Waals surface area contributed by atoms with E-state index < -0.39 is 11.6 Å². The largest absolute Gasteiger partial charge is 0.309 e. The van der Waals surface area contributed by atoms with Crippen LogP contribution in [0.15, 0.2) is 18.2 Å². The van der Waals surface area contributed by atoms with E-state index in [2.05, 4.69) is 19.2 Å². The summed E-state index contributed by atoms with van der Waals surface area (Å²) < 4.78 is 27.2. The van der Waals surface area contributed by atoms with Gasteiger partial charge in [0.2, 0.25) is 0 Å². The molecular formula is C15H21F2N. The normalized spacial score (nSPS) is 19.0. The maximum atomic E-state index is 13.6. The minimum atomic E-state index is -0.468. The Kier molecular flexibility index (Phi) is 3.71. The van der Waals surface area contributed by atoms with E-state index >= 15 is 0 Å². The van der Waals surface area contributed by atoms with Crippen molar-refractivity contribution in [2.75, 3.05) is 6.54 Å². The van der Waals surface area contributed by atoms with Gasteiger partial charge in [0.05, 0.1) is 0 Å². The van der Waals surface area contributed by atoms with Gasteiger partial charge in [-0.15, -0.1) is 0 Å². The van der Waals surface area contributed by atoms with Crippen LogP contribution >= 0.6 is 0 Å². The average molecular weight is 253 g/mol. The quantitative estimate of drug-likeness (QED) is 0.834. The molecule has 1 unspecified atom stereocenters. The average Bonchev–Trinajstić information content (AvgIpc) is 3.07. The molecule has 0 aromatic heterocycles. The topological polar surface area (TPSA) is 12.0 Å². The number of halogens is 2. The van der Waals surface area contributed by atoms with Crippen molar-refractivity contribution < 1.29 is 8.78 Å². The molecule has 100 valence electrons. The van der Waals surface area contributed by atoms with Crippen molar-refractivity contribution in [1.29, 1.82) is 0 Å². The fourth-order valence-electron chi connectivity index (χ4n) is 2.50. The van der Waals surface area contributed by atoms with Crippen LogP contribution in [0.25, 0.3) is 0 Å². The Bertz CT molecular complexity index is 404. The molecule has 0 radical (unpaired) electrons. The number of hydrogen-bond donors (Lipinski definition) is 1. The lowest BCUT2D eigenvalue weighted by molar-refractivity contribution is 0.321. The van der Waals surface area contributed by atoms with Crippen LogP contribution in [0.2, 0.25) is 0 Å². The first-order chi connectivity index (χ1) is 8.46. The summed E-state index contributed by atoms with van der Waals surface area (Å²) in [7, 11) is 0. The number of hydrogen-bond acceptors (Lipinski definition) is 1. The van der Waals surface area contributed by atoms with E-state index in [0.717, 1.165) is 6.54 Å². The third-order valence-corrected chi connectivity index (χ3v) is 4.31. The molecule has 1 fully saturated rings. The molecule has 0 amide bonds. The van der Waals surface area contributed by atoms with Crippen LogP contribution in [0.4, 0.5) is 8.78 Å². The standard InChI is InChI=1S/C15H21F2N/c1-10(2)15(7-8-15)9-18-11(3)14-12(16)5-4-6-13(14)17/h4-6,10-11,18H,7-9H2,1-3H3. The predicted octanol–water partition coefficient (Wildman–Crippen LogP) is 4.05. The van der Waals surface area contributed by atoms with Crippen LogP contribution in [-0.2, 0) is 0 Å². The zero-order chi connectivity index (χ0) is 13.3. The molecule has 0 saturated heterocycles. The highest BCUT2D eigenvalue weighted by Gasteiger charge is 2.45. The Hall–Kier alpha value is -0.960. The summed E-state index contributed by atoms with van der Waals surface area (Å²) in [4.78, 5) is 0. The lowest BCUT2D eigenvalue weighted by Gasteiger charge is -2.23. The van der Waals surface area contributed by atoms with Crippen LogP contribution in [0.5, 0.6) is 0 Å². The molecule has 1 aliphatic rings. The van der Waals surface area contributed by atoms with Crippen molar-refractivity contribution in [3.05, 3.63) is 35.4 Å². The molecule has 3 heteroatoms. The summed E-state index contributed by atoms with van der Waals surface area (Å²) in [6.45, 7) is 7.07. The third kappa shape index (κ3) is 2.56. The molecule has 1 aromatic carbocycles. The first kappa shape index (κ1) is 13.5. The van der Waals surface area contributed by atoms with Crippen molar-refractivity contribution in [3.63, 3.8) is 0 Å². The zero-order valence-electron chi connectivity index (χ0n) is 11.3. The smallest absolute Gasteiger partial charge is 0.130 e. The molecule has 0 spiro atoms. The molecule has 1 nitrogen and oxygen atoms in total. The highest BCUT2D eigenvalue weighted by molar-refractivity contribution is 5.23. The second-order valence-corrected chi connectivity index (χ2v) is 5.75. The SMILES string of the molecule is CC(NCC1(C(C)C)CC1)c1c(F)cccc1F. The van der Waals surface area contributed by atoms with E-state index in [1.807, 2.05) is 6.92 Å². The molecule has 2 rings (SSSR count). The van der Waals surface area contributed by atoms with Gasteiger partial charge in [-0.05, 0) is 43.2 Å².